The fourth-order valence-electron chi connectivity index (χ4n) is 3.67. The lowest BCUT2D eigenvalue weighted by Crippen LogP contribution is -2.54. The summed E-state index contributed by atoms with van der Waals surface area (Å²) < 4.78 is 32.1. The Bertz CT molecular complexity index is 929. The second-order valence-electron chi connectivity index (χ2n) is 7.99. The minimum absolute atomic E-state index is 0.0316. The fourth-order valence-corrected chi connectivity index (χ4v) is 4.96. The monoisotopic (exact) mass is 449 g/mol. The maximum absolute atomic E-state index is 12.6. The highest BCUT2D eigenvalue weighted by molar-refractivity contribution is 7.89. The SMILES string of the molecule is CCNC(=NCCc1cc2ccccc2[nH]1)N1CCN(S(=O)(=O)CCOC(C)C)CC1. The highest BCUT2D eigenvalue weighted by Gasteiger charge is 2.28. The summed E-state index contributed by atoms with van der Waals surface area (Å²) in [5, 5.41) is 4.56. The molecule has 1 aliphatic heterocycles. The van der Waals surface area contributed by atoms with Gasteiger partial charge in [0.05, 0.1) is 18.5 Å². The molecule has 0 aliphatic carbocycles. The van der Waals surface area contributed by atoms with E-state index in [-0.39, 0.29) is 18.5 Å². The van der Waals surface area contributed by atoms with Crippen molar-refractivity contribution in [2.75, 3.05) is 51.6 Å². The second-order valence-corrected chi connectivity index (χ2v) is 10.1. The van der Waals surface area contributed by atoms with E-state index < -0.39 is 10.0 Å². The summed E-state index contributed by atoms with van der Waals surface area (Å²) in [7, 11) is -3.29. The topological polar surface area (TPSA) is 90.0 Å². The van der Waals surface area contributed by atoms with Crippen molar-refractivity contribution >= 4 is 26.9 Å². The molecule has 0 radical (unpaired) electrons. The predicted octanol–water partition coefficient (Wildman–Crippen LogP) is 2.05. The Labute approximate surface area is 185 Å². The number of benzene rings is 1. The zero-order chi connectivity index (χ0) is 22.3. The van der Waals surface area contributed by atoms with Gasteiger partial charge < -0.3 is 19.9 Å². The number of hydrogen-bond acceptors (Lipinski definition) is 4. The van der Waals surface area contributed by atoms with Gasteiger partial charge in [-0.2, -0.15) is 4.31 Å². The molecule has 1 fully saturated rings. The number of H-pyrrole nitrogens is 1. The molecule has 8 nitrogen and oxygen atoms in total. The summed E-state index contributed by atoms with van der Waals surface area (Å²) >= 11 is 0. The molecule has 2 heterocycles. The molecule has 0 bridgehead atoms. The molecule has 0 amide bonds. The molecule has 31 heavy (non-hydrogen) atoms. The van der Waals surface area contributed by atoms with Gasteiger partial charge in [0, 0.05) is 56.9 Å². The predicted molar refractivity (Wildman–Crippen MR) is 126 cm³/mol. The Morgan fingerprint density at radius 3 is 2.65 bits per heavy atom. The second kappa shape index (κ2) is 11.0. The number of aromatic nitrogens is 1. The number of sulfonamides is 1. The van der Waals surface area contributed by atoms with E-state index in [2.05, 4.69) is 33.4 Å². The lowest BCUT2D eigenvalue weighted by atomic mass is 10.2. The Hall–Kier alpha value is -2.10. The quantitative estimate of drug-likeness (QED) is 0.452. The molecule has 1 aromatic carbocycles. The number of hydrogen-bond donors (Lipinski definition) is 2. The van der Waals surface area contributed by atoms with Gasteiger partial charge in [-0.25, -0.2) is 8.42 Å². The molecule has 3 rings (SSSR count). The van der Waals surface area contributed by atoms with Crippen LogP contribution in [0.3, 0.4) is 0 Å². The van der Waals surface area contributed by atoms with Crippen molar-refractivity contribution in [3.63, 3.8) is 0 Å². The largest absolute Gasteiger partial charge is 0.378 e. The lowest BCUT2D eigenvalue weighted by Gasteiger charge is -2.35. The summed E-state index contributed by atoms with van der Waals surface area (Å²) in [5.74, 6) is 0.878. The third-order valence-corrected chi connectivity index (χ3v) is 7.12. The first-order chi connectivity index (χ1) is 14.9. The number of guanidine groups is 1. The van der Waals surface area contributed by atoms with E-state index >= 15 is 0 Å². The average Bonchev–Trinajstić information content (AvgIpc) is 3.15. The van der Waals surface area contributed by atoms with Gasteiger partial charge in [0.25, 0.3) is 0 Å². The standard InChI is InChI=1S/C22H35N5O3S/c1-4-23-22(24-10-9-20-17-19-7-5-6-8-21(19)25-20)26-11-13-27(14-12-26)31(28,29)16-15-30-18(2)3/h5-8,17-18,25H,4,9-16H2,1-3H3,(H,23,24). The van der Waals surface area contributed by atoms with Gasteiger partial charge in [0.15, 0.2) is 5.96 Å². The van der Waals surface area contributed by atoms with E-state index in [9.17, 15) is 8.42 Å². The summed E-state index contributed by atoms with van der Waals surface area (Å²) in [6.45, 7) is 9.73. The maximum atomic E-state index is 12.6. The van der Waals surface area contributed by atoms with Crippen molar-refractivity contribution in [1.82, 2.24) is 19.5 Å². The molecule has 1 saturated heterocycles. The van der Waals surface area contributed by atoms with Crippen LogP contribution in [-0.4, -0.2) is 86.3 Å². The highest BCUT2D eigenvalue weighted by atomic mass is 32.2. The molecule has 1 aromatic heterocycles. The van der Waals surface area contributed by atoms with Gasteiger partial charge in [-0.15, -0.1) is 0 Å². The Balaban J connectivity index is 1.53. The summed E-state index contributed by atoms with van der Waals surface area (Å²) in [6, 6.07) is 10.4. The van der Waals surface area contributed by atoms with Gasteiger partial charge in [-0.05, 0) is 38.3 Å². The first kappa shape index (κ1) is 23.6. The number of nitrogens with zero attached hydrogens (tertiary/aromatic N) is 3. The van der Waals surface area contributed by atoms with Crippen molar-refractivity contribution in [3.8, 4) is 0 Å². The average molecular weight is 450 g/mol. The number of aliphatic imine (C=N–C) groups is 1. The maximum Gasteiger partial charge on any atom is 0.216 e. The molecule has 0 spiro atoms. The van der Waals surface area contributed by atoms with Gasteiger partial charge in [-0.3, -0.25) is 4.99 Å². The van der Waals surface area contributed by atoms with E-state index in [0.717, 1.165) is 24.4 Å². The molecule has 0 saturated carbocycles. The molecule has 172 valence electrons. The zero-order valence-electron chi connectivity index (χ0n) is 18.8. The minimum Gasteiger partial charge on any atom is -0.378 e. The van der Waals surface area contributed by atoms with Crippen LogP contribution in [-0.2, 0) is 21.2 Å². The Morgan fingerprint density at radius 2 is 1.97 bits per heavy atom. The van der Waals surface area contributed by atoms with Gasteiger partial charge in [-0.1, -0.05) is 18.2 Å². The van der Waals surface area contributed by atoms with E-state index in [1.165, 1.54) is 11.1 Å². The van der Waals surface area contributed by atoms with Gasteiger partial charge >= 0.3 is 0 Å². The summed E-state index contributed by atoms with van der Waals surface area (Å²) in [5.41, 5.74) is 2.31. The lowest BCUT2D eigenvalue weighted by molar-refractivity contribution is 0.0904. The van der Waals surface area contributed by atoms with Crippen LogP contribution in [0.1, 0.15) is 26.5 Å². The number of ether oxygens (including phenoxy) is 1. The van der Waals surface area contributed by atoms with E-state index in [0.29, 0.717) is 32.7 Å². The molecule has 0 unspecified atom stereocenters. The van der Waals surface area contributed by atoms with Crippen molar-refractivity contribution < 1.29 is 13.2 Å². The normalized spacial score (nSPS) is 16.4. The molecule has 2 aromatic rings. The van der Waals surface area contributed by atoms with Crippen molar-refractivity contribution in [2.24, 2.45) is 4.99 Å². The third-order valence-electron chi connectivity index (χ3n) is 5.29. The van der Waals surface area contributed by atoms with Crippen LogP contribution in [0.2, 0.25) is 0 Å². The van der Waals surface area contributed by atoms with Crippen LogP contribution in [0.5, 0.6) is 0 Å². The molecular weight excluding hydrogens is 414 g/mol. The highest BCUT2D eigenvalue weighted by Crippen LogP contribution is 2.15. The van der Waals surface area contributed by atoms with Gasteiger partial charge in [0.1, 0.15) is 0 Å². The zero-order valence-corrected chi connectivity index (χ0v) is 19.6. The van der Waals surface area contributed by atoms with Crippen LogP contribution in [0.4, 0.5) is 0 Å². The summed E-state index contributed by atoms with van der Waals surface area (Å²) in [6.07, 6.45) is 0.864. The molecular formula is C22H35N5O3S. The van der Waals surface area contributed by atoms with Crippen LogP contribution in [0.15, 0.2) is 35.3 Å². The van der Waals surface area contributed by atoms with Crippen molar-refractivity contribution in [1.29, 1.82) is 0 Å². The first-order valence-corrected chi connectivity index (χ1v) is 12.7. The van der Waals surface area contributed by atoms with Crippen molar-refractivity contribution in [3.05, 3.63) is 36.0 Å². The number of piperazine rings is 1. The smallest absolute Gasteiger partial charge is 0.216 e. The van der Waals surface area contributed by atoms with Crippen LogP contribution >= 0.6 is 0 Å². The molecule has 1 aliphatic rings. The van der Waals surface area contributed by atoms with E-state index in [4.69, 9.17) is 9.73 Å². The first-order valence-electron chi connectivity index (χ1n) is 11.1. The Morgan fingerprint density at radius 1 is 1.23 bits per heavy atom. The number of nitrogens with one attached hydrogen (secondary N) is 2. The number of rotatable bonds is 9. The number of fused-ring (bicyclic) bond motifs is 1. The number of aromatic amines is 1. The minimum atomic E-state index is -3.29. The Kier molecular flexibility index (Phi) is 8.34. The fraction of sp³-hybridized carbons (Fsp3) is 0.591. The summed E-state index contributed by atoms with van der Waals surface area (Å²) in [4.78, 5) is 10.4. The van der Waals surface area contributed by atoms with Crippen LogP contribution < -0.4 is 5.32 Å². The third kappa shape index (κ3) is 6.69. The molecule has 0 atom stereocenters. The van der Waals surface area contributed by atoms with E-state index in [1.807, 2.05) is 32.9 Å². The van der Waals surface area contributed by atoms with Crippen molar-refractivity contribution in [2.45, 2.75) is 33.3 Å². The van der Waals surface area contributed by atoms with Crippen LogP contribution in [0.25, 0.3) is 10.9 Å². The van der Waals surface area contributed by atoms with Crippen LogP contribution in [0, 0.1) is 0 Å². The van der Waals surface area contributed by atoms with E-state index in [1.54, 1.807) is 4.31 Å². The van der Waals surface area contributed by atoms with Gasteiger partial charge in [0.2, 0.25) is 10.0 Å². The molecule has 2 N–H and O–H groups in total. The number of para-hydroxylation sites is 1. The molecule has 9 heteroatoms.